The Morgan fingerprint density at radius 2 is 2.24 bits per heavy atom. The maximum atomic E-state index is 3.45. The smallest absolute Gasteiger partial charge is 0.0376 e. The predicted octanol–water partition coefficient (Wildman–Crippen LogP) is 2.81. The van der Waals surface area contributed by atoms with Crippen molar-refractivity contribution < 1.29 is 0 Å². The molecular weight excluding hydrogens is 208 g/mol. The first kappa shape index (κ1) is 10.8. The van der Waals surface area contributed by atoms with E-state index in [4.69, 9.17) is 0 Å². The minimum absolute atomic E-state index is 1.08. The SMILES string of the molecule is CC1=CCN(Cc2ccc3c(c2)NCC3)CC1. The van der Waals surface area contributed by atoms with Crippen LogP contribution >= 0.6 is 0 Å². The monoisotopic (exact) mass is 228 g/mol. The van der Waals surface area contributed by atoms with Crippen molar-refractivity contribution in [2.45, 2.75) is 26.3 Å². The number of nitrogens with one attached hydrogen (secondary N) is 1. The zero-order chi connectivity index (χ0) is 11.7. The summed E-state index contributed by atoms with van der Waals surface area (Å²) in [5, 5.41) is 3.45. The van der Waals surface area contributed by atoms with Gasteiger partial charge in [-0.15, -0.1) is 0 Å². The van der Waals surface area contributed by atoms with E-state index in [9.17, 15) is 0 Å². The van der Waals surface area contributed by atoms with Gasteiger partial charge in [-0.1, -0.05) is 23.8 Å². The average molecular weight is 228 g/mol. The van der Waals surface area contributed by atoms with Crippen molar-refractivity contribution >= 4 is 5.69 Å². The van der Waals surface area contributed by atoms with Crippen LogP contribution in [0.3, 0.4) is 0 Å². The fourth-order valence-corrected chi connectivity index (χ4v) is 2.65. The van der Waals surface area contributed by atoms with Crippen LogP contribution in [0.1, 0.15) is 24.5 Å². The molecule has 3 rings (SSSR count). The van der Waals surface area contributed by atoms with E-state index in [0.29, 0.717) is 0 Å². The second kappa shape index (κ2) is 4.53. The molecule has 2 aliphatic heterocycles. The zero-order valence-electron chi connectivity index (χ0n) is 10.5. The third kappa shape index (κ3) is 2.37. The molecule has 0 amide bonds. The van der Waals surface area contributed by atoms with E-state index in [2.05, 4.69) is 41.4 Å². The van der Waals surface area contributed by atoms with E-state index >= 15 is 0 Å². The molecule has 0 bridgehead atoms. The van der Waals surface area contributed by atoms with E-state index in [0.717, 1.165) is 19.6 Å². The van der Waals surface area contributed by atoms with Crippen LogP contribution in [0.4, 0.5) is 5.69 Å². The van der Waals surface area contributed by atoms with Gasteiger partial charge in [0.1, 0.15) is 0 Å². The average Bonchev–Trinajstić information content (AvgIpc) is 2.79. The number of nitrogens with zero attached hydrogens (tertiary/aromatic N) is 1. The summed E-state index contributed by atoms with van der Waals surface area (Å²) >= 11 is 0. The lowest BCUT2D eigenvalue weighted by molar-refractivity contribution is 0.286. The highest BCUT2D eigenvalue weighted by atomic mass is 15.1. The van der Waals surface area contributed by atoms with Gasteiger partial charge in [0.25, 0.3) is 0 Å². The quantitative estimate of drug-likeness (QED) is 0.783. The molecule has 0 aromatic heterocycles. The van der Waals surface area contributed by atoms with Gasteiger partial charge in [0.05, 0.1) is 0 Å². The normalized spacial score (nSPS) is 19.7. The Morgan fingerprint density at radius 1 is 1.29 bits per heavy atom. The lowest BCUT2D eigenvalue weighted by atomic mass is 10.1. The molecule has 1 aromatic carbocycles. The second-order valence-corrected chi connectivity index (χ2v) is 5.20. The maximum absolute atomic E-state index is 3.45. The summed E-state index contributed by atoms with van der Waals surface area (Å²) < 4.78 is 0. The summed E-state index contributed by atoms with van der Waals surface area (Å²) in [6.07, 6.45) is 4.76. The molecule has 2 heteroatoms. The summed E-state index contributed by atoms with van der Waals surface area (Å²) in [5.74, 6) is 0. The number of benzene rings is 1. The molecule has 0 unspecified atom stereocenters. The number of fused-ring (bicyclic) bond motifs is 1. The molecule has 17 heavy (non-hydrogen) atoms. The van der Waals surface area contributed by atoms with Crippen LogP contribution in [0.2, 0.25) is 0 Å². The number of hydrogen-bond acceptors (Lipinski definition) is 2. The summed E-state index contributed by atoms with van der Waals surface area (Å²) in [6.45, 7) is 6.73. The van der Waals surface area contributed by atoms with Crippen LogP contribution in [0, 0.1) is 0 Å². The Bertz CT molecular complexity index is 448. The third-order valence-corrected chi connectivity index (χ3v) is 3.81. The van der Waals surface area contributed by atoms with Crippen molar-refractivity contribution in [1.82, 2.24) is 4.90 Å². The molecule has 0 saturated heterocycles. The van der Waals surface area contributed by atoms with Crippen molar-refractivity contribution in [1.29, 1.82) is 0 Å². The van der Waals surface area contributed by atoms with Gasteiger partial charge < -0.3 is 5.32 Å². The molecule has 1 N–H and O–H groups in total. The summed E-state index contributed by atoms with van der Waals surface area (Å²) in [4.78, 5) is 2.52. The van der Waals surface area contributed by atoms with E-state index in [1.54, 1.807) is 0 Å². The first-order valence-electron chi connectivity index (χ1n) is 6.55. The molecular formula is C15H20N2. The van der Waals surface area contributed by atoms with Crippen molar-refractivity contribution in [2.75, 3.05) is 25.0 Å². The first-order valence-corrected chi connectivity index (χ1v) is 6.55. The highest BCUT2D eigenvalue weighted by Crippen LogP contribution is 2.24. The lowest BCUT2D eigenvalue weighted by Crippen LogP contribution is -2.27. The topological polar surface area (TPSA) is 15.3 Å². The molecule has 0 saturated carbocycles. The minimum atomic E-state index is 1.08. The molecule has 0 aliphatic carbocycles. The maximum Gasteiger partial charge on any atom is 0.0376 e. The lowest BCUT2D eigenvalue weighted by Gasteiger charge is -2.25. The van der Waals surface area contributed by atoms with Gasteiger partial charge in [0.2, 0.25) is 0 Å². The summed E-state index contributed by atoms with van der Waals surface area (Å²) in [6, 6.07) is 6.90. The highest BCUT2D eigenvalue weighted by Gasteiger charge is 2.13. The highest BCUT2D eigenvalue weighted by molar-refractivity contribution is 5.57. The van der Waals surface area contributed by atoms with Gasteiger partial charge in [-0.05, 0) is 37.0 Å². The Morgan fingerprint density at radius 3 is 3.06 bits per heavy atom. The number of anilines is 1. The minimum Gasteiger partial charge on any atom is -0.384 e. The molecule has 0 fully saturated rings. The standard InChI is InChI=1S/C15H20N2/c1-12-5-8-17(9-6-12)11-13-2-3-14-4-7-16-15(14)10-13/h2-3,5,10,16H,4,6-9,11H2,1H3. The Hall–Kier alpha value is -1.28. The molecule has 2 heterocycles. The number of rotatable bonds is 2. The van der Waals surface area contributed by atoms with E-state index < -0.39 is 0 Å². The van der Waals surface area contributed by atoms with Crippen molar-refractivity contribution in [3.8, 4) is 0 Å². The molecule has 1 aromatic rings. The van der Waals surface area contributed by atoms with Gasteiger partial charge in [-0.25, -0.2) is 0 Å². The first-order chi connectivity index (χ1) is 8.31. The Labute approximate surface area is 103 Å². The van der Waals surface area contributed by atoms with E-state index in [1.807, 2.05) is 0 Å². The van der Waals surface area contributed by atoms with Crippen LogP contribution < -0.4 is 5.32 Å². The molecule has 2 nitrogen and oxygen atoms in total. The van der Waals surface area contributed by atoms with Crippen molar-refractivity contribution in [3.63, 3.8) is 0 Å². The number of hydrogen-bond donors (Lipinski definition) is 1. The molecule has 90 valence electrons. The summed E-state index contributed by atoms with van der Waals surface area (Å²) in [7, 11) is 0. The fraction of sp³-hybridized carbons (Fsp3) is 0.467. The van der Waals surface area contributed by atoms with Gasteiger partial charge in [-0.3, -0.25) is 4.90 Å². The second-order valence-electron chi connectivity index (χ2n) is 5.20. The van der Waals surface area contributed by atoms with Crippen molar-refractivity contribution in [3.05, 3.63) is 41.0 Å². The van der Waals surface area contributed by atoms with Gasteiger partial charge in [0, 0.05) is 31.9 Å². The Kier molecular flexibility index (Phi) is 2.89. The molecule has 0 spiro atoms. The predicted molar refractivity (Wildman–Crippen MR) is 72.3 cm³/mol. The molecule has 0 atom stereocenters. The largest absolute Gasteiger partial charge is 0.384 e. The van der Waals surface area contributed by atoms with Crippen molar-refractivity contribution in [2.24, 2.45) is 0 Å². The molecule has 0 radical (unpaired) electrons. The fourth-order valence-electron chi connectivity index (χ4n) is 2.65. The van der Waals surface area contributed by atoms with Crippen LogP contribution in [0.5, 0.6) is 0 Å². The van der Waals surface area contributed by atoms with Gasteiger partial charge in [0.15, 0.2) is 0 Å². The Balaban J connectivity index is 1.69. The van der Waals surface area contributed by atoms with E-state index in [1.165, 1.54) is 41.8 Å². The van der Waals surface area contributed by atoms with E-state index in [-0.39, 0.29) is 0 Å². The van der Waals surface area contributed by atoms with Crippen LogP contribution in [0.15, 0.2) is 29.8 Å². The zero-order valence-corrected chi connectivity index (χ0v) is 10.5. The third-order valence-electron chi connectivity index (χ3n) is 3.81. The summed E-state index contributed by atoms with van der Waals surface area (Å²) in [5.41, 5.74) is 5.80. The van der Waals surface area contributed by atoms with Gasteiger partial charge in [-0.2, -0.15) is 0 Å². The van der Waals surface area contributed by atoms with Crippen LogP contribution in [-0.2, 0) is 13.0 Å². The van der Waals surface area contributed by atoms with Gasteiger partial charge >= 0.3 is 0 Å². The van der Waals surface area contributed by atoms with Crippen LogP contribution in [0.25, 0.3) is 0 Å². The van der Waals surface area contributed by atoms with Crippen LogP contribution in [-0.4, -0.2) is 24.5 Å². The molecule has 2 aliphatic rings.